The predicted molar refractivity (Wildman–Crippen MR) is 95.4 cm³/mol. The molecule has 1 saturated heterocycles. The molecule has 1 aromatic heterocycles. The van der Waals surface area contributed by atoms with Gasteiger partial charge in [0.15, 0.2) is 0 Å². The highest BCUT2D eigenvalue weighted by Gasteiger charge is 2.36. The molecular formula is C18H19F4N5O. The van der Waals surface area contributed by atoms with Crippen molar-refractivity contribution in [2.45, 2.75) is 19.1 Å². The molecule has 1 amide bonds. The highest BCUT2D eigenvalue weighted by molar-refractivity contribution is 5.92. The molecule has 0 bridgehead atoms. The lowest BCUT2D eigenvalue weighted by molar-refractivity contribution is -0.141. The van der Waals surface area contributed by atoms with Crippen LogP contribution in [-0.4, -0.2) is 53.5 Å². The zero-order valence-corrected chi connectivity index (χ0v) is 15.3. The van der Waals surface area contributed by atoms with Crippen molar-refractivity contribution in [2.24, 2.45) is 0 Å². The van der Waals surface area contributed by atoms with E-state index in [1.807, 2.05) is 0 Å². The number of rotatable bonds is 5. The van der Waals surface area contributed by atoms with Crippen molar-refractivity contribution in [1.29, 1.82) is 0 Å². The maximum absolute atomic E-state index is 13.5. The lowest BCUT2D eigenvalue weighted by Gasteiger charge is -2.44. The average Bonchev–Trinajstić information content (AvgIpc) is 2.56. The van der Waals surface area contributed by atoms with Crippen molar-refractivity contribution >= 4 is 17.4 Å². The Hall–Kier alpha value is -2.75. The van der Waals surface area contributed by atoms with E-state index in [1.54, 1.807) is 35.9 Å². The Labute approximate surface area is 159 Å². The number of hydrogen-bond donors (Lipinski definition) is 1. The van der Waals surface area contributed by atoms with Gasteiger partial charge < -0.3 is 10.2 Å². The highest BCUT2D eigenvalue weighted by atomic mass is 19.4. The molecule has 2 heterocycles. The first-order chi connectivity index (χ1) is 13.1. The fraction of sp³-hybridized carbons (Fsp3) is 0.389. The Kier molecular flexibility index (Phi) is 5.50. The third-order valence-electron chi connectivity index (χ3n) is 4.60. The van der Waals surface area contributed by atoms with E-state index in [0.717, 1.165) is 12.4 Å². The van der Waals surface area contributed by atoms with E-state index in [2.05, 4.69) is 15.3 Å². The standard InChI is InChI=1S/C18H19F4N5O/c1-11-3-4-12(5-14(11)19)25-17(28)9-26(2)13-7-27(8-13)16-6-15(18(20,21)22)23-10-24-16/h3-6,10,13H,7-9H2,1-2H3,(H,25,28). The second-order valence-corrected chi connectivity index (χ2v) is 6.75. The topological polar surface area (TPSA) is 61.4 Å². The average molecular weight is 397 g/mol. The van der Waals surface area contributed by atoms with Gasteiger partial charge in [0.2, 0.25) is 5.91 Å². The highest BCUT2D eigenvalue weighted by Crippen LogP contribution is 2.30. The summed E-state index contributed by atoms with van der Waals surface area (Å²) >= 11 is 0. The molecule has 10 heteroatoms. The minimum Gasteiger partial charge on any atom is -0.353 e. The first-order valence-electron chi connectivity index (χ1n) is 8.54. The number of carbonyl (C=O) groups excluding carboxylic acids is 1. The van der Waals surface area contributed by atoms with Gasteiger partial charge in [0.1, 0.15) is 23.7 Å². The summed E-state index contributed by atoms with van der Waals surface area (Å²) in [6, 6.07) is 5.36. The maximum Gasteiger partial charge on any atom is 0.433 e. The summed E-state index contributed by atoms with van der Waals surface area (Å²) in [5.41, 5.74) is -0.125. The Bertz CT molecular complexity index is 867. The van der Waals surface area contributed by atoms with Crippen LogP contribution in [0.2, 0.25) is 0 Å². The molecule has 3 rings (SSSR count). The summed E-state index contributed by atoms with van der Waals surface area (Å²) < 4.78 is 51.8. The summed E-state index contributed by atoms with van der Waals surface area (Å²) in [6.07, 6.45) is -3.63. The van der Waals surface area contributed by atoms with Gasteiger partial charge in [-0.3, -0.25) is 9.69 Å². The number of hydrogen-bond acceptors (Lipinski definition) is 5. The first-order valence-corrected chi connectivity index (χ1v) is 8.54. The molecule has 1 fully saturated rings. The van der Waals surface area contributed by atoms with Gasteiger partial charge in [-0.15, -0.1) is 0 Å². The number of amides is 1. The first kappa shape index (κ1) is 20.0. The van der Waals surface area contributed by atoms with E-state index < -0.39 is 17.7 Å². The van der Waals surface area contributed by atoms with Crippen molar-refractivity contribution in [3.05, 3.63) is 47.7 Å². The molecule has 1 aliphatic rings. The van der Waals surface area contributed by atoms with Gasteiger partial charge in [-0.1, -0.05) is 6.07 Å². The monoisotopic (exact) mass is 397 g/mol. The number of aryl methyl sites for hydroxylation is 1. The minimum atomic E-state index is -4.52. The number of halogens is 4. The van der Waals surface area contributed by atoms with E-state index >= 15 is 0 Å². The second-order valence-electron chi connectivity index (χ2n) is 6.75. The van der Waals surface area contributed by atoms with Crippen LogP contribution < -0.4 is 10.2 Å². The van der Waals surface area contributed by atoms with Crippen LogP contribution in [0.25, 0.3) is 0 Å². The minimum absolute atomic E-state index is 0.00944. The summed E-state index contributed by atoms with van der Waals surface area (Å²) in [7, 11) is 1.75. The number of anilines is 2. The Morgan fingerprint density at radius 2 is 2.00 bits per heavy atom. The molecule has 28 heavy (non-hydrogen) atoms. The van der Waals surface area contributed by atoms with Crippen LogP contribution >= 0.6 is 0 Å². The van der Waals surface area contributed by atoms with Gasteiger partial charge >= 0.3 is 6.18 Å². The largest absolute Gasteiger partial charge is 0.433 e. The van der Waals surface area contributed by atoms with E-state index in [0.29, 0.717) is 24.3 Å². The number of benzene rings is 1. The lowest BCUT2D eigenvalue weighted by atomic mass is 10.1. The lowest BCUT2D eigenvalue weighted by Crippen LogP contribution is -2.59. The van der Waals surface area contributed by atoms with Gasteiger partial charge in [0.25, 0.3) is 0 Å². The molecule has 0 radical (unpaired) electrons. The van der Waals surface area contributed by atoms with Gasteiger partial charge in [-0.25, -0.2) is 14.4 Å². The van der Waals surface area contributed by atoms with Crippen LogP contribution in [0, 0.1) is 12.7 Å². The molecule has 1 aromatic carbocycles. The SMILES string of the molecule is Cc1ccc(NC(=O)CN(C)C2CN(c3cc(C(F)(F)F)ncn3)C2)cc1F. The van der Waals surface area contributed by atoms with Crippen LogP contribution in [0.3, 0.4) is 0 Å². The van der Waals surface area contributed by atoms with Crippen molar-refractivity contribution in [1.82, 2.24) is 14.9 Å². The third kappa shape index (κ3) is 4.56. The fourth-order valence-corrected chi connectivity index (χ4v) is 2.82. The molecule has 0 spiro atoms. The molecular weight excluding hydrogens is 378 g/mol. The van der Waals surface area contributed by atoms with Crippen LogP contribution in [0.4, 0.5) is 29.1 Å². The third-order valence-corrected chi connectivity index (χ3v) is 4.60. The number of likely N-dealkylation sites (N-methyl/N-ethyl adjacent to an activating group) is 1. The molecule has 0 atom stereocenters. The number of alkyl halides is 3. The Balaban J connectivity index is 1.51. The van der Waals surface area contributed by atoms with E-state index in [-0.39, 0.29) is 24.3 Å². The number of nitrogens with one attached hydrogen (secondary N) is 1. The normalized spacial score (nSPS) is 14.9. The maximum atomic E-state index is 13.5. The van der Waals surface area contributed by atoms with Crippen molar-refractivity contribution in [2.75, 3.05) is 36.9 Å². The van der Waals surface area contributed by atoms with Gasteiger partial charge in [0.05, 0.1) is 6.54 Å². The summed E-state index contributed by atoms with van der Waals surface area (Å²) in [4.78, 5) is 22.7. The number of nitrogens with zero attached hydrogens (tertiary/aromatic N) is 4. The summed E-state index contributed by atoms with van der Waals surface area (Å²) in [5.74, 6) is -0.499. The van der Waals surface area contributed by atoms with Crippen molar-refractivity contribution < 1.29 is 22.4 Å². The second kappa shape index (κ2) is 7.70. The molecule has 2 aromatic rings. The smallest absolute Gasteiger partial charge is 0.353 e. The molecule has 0 unspecified atom stereocenters. The van der Waals surface area contributed by atoms with Crippen molar-refractivity contribution in [3.63, 3.8) is 0 Å². The quantitative estimate of drug-likeness (QED) is 0.787. The predicted octanol–water partition coefficient (Wildman–Crippen LogP) is 2.70. The number of aromatic nitrogens is 2. The molecule has 0 aliphatic carbocycles. The molecule has 1 aliphatic heterocycles. The van der Waals surface area contributed by atoms with Gasteiger partial charge in [0, 0.05) is 30.9 Å². The Morgan fingerprint density at radius 1 is 1.29 bits per heavy atom. The molecule has 150 valence electrons. The number of carbonyl (C=O) groups is 1. The van der Waals surface area contributed by atoms with E-state index in [4.69, 9.17) is 0 Å². The molecule has 6 nitrogen and oxygen atoms in total. The molecule has 0 saturated carbocycles. The van der Waals surface area contributed by atoms with Crippen LogP contribution in [0.15, 0.2) is 30.6 Å². The zero-order valence-electron chi connectivity index (χ0n) is 15.3. The van der Waals surface area contributed by atoms with Crippen molar-refractivity contribution in [3.8, 4) is 0 Å². The van der Waals surface area contributed by atoms with Gasteiger partial charge in [-0.2, -0.15) is 13.2 Å². The van der Waals surface area contributed by atoms with E-state index in [1.165, 1.54) is 6.07 Å². The summed E-state index contributed by atoms with van der Waals surface area (Å²) in [5, 5.41) is 2.63. The van der Waals surface area contributed by atoms with Gasteiger partial charge in [-0.05, 0) is 31.7 Å². The summed E-state index contributed by atoms with van der Waals surface area (Å²) in [6.45, 7) is 2.59. The fourth-order valence-electron chi connectivity index (χ4n) is 2.82. The molecule has 1 N–H and O–H groups in total. The van der Waals surface area contributed by atoms with Crippen LogP contribution in [0.5, 0.6) is 0 Å². The van der Waals surface area contributed by atoms with Crippen LogP contribution in [0.1, 0.15) is 11.3 Å². The van der Waals surface area contributed by atoms with Crippen LogP contribution in [-0.2, 0) is 11.0 Å². The van der Waals surface area contributed by atoms with E-state index in [9.17, 15) is 22.4 Å². The zero-order chi connectivity index (χ0) is 20.5. The Morgan fingerprint density at radius 3 is 2.64 bits per heavy atom.